The van der Waals surface area contributed by atoms with E-state index in [2.05, 4.69) is 37.1 Å². The Morgan fingerprint density at radius 1 is 1.03 bits per heavy atom. The summed E-state index contributed by atoms with van der Waals surface area (Å²) in [5.74, 6) is 1.03. The van der Waals surface area contributed by atoms with Crippen LogP contribution >= 0.6 is 0 Å². The molecule has 3 saturated carbocycles. The first-order valence-corrected chi connectivity index (χ1v) is 13.4. The van der Waals surface area contributed by atoms with Crippen molar-refractivity contribution < 1.29 is 14.7 Å². The number of nitrogens with zero attached hydrogens (tertiary/aromatic N) is 3. The summed E-state index contributed by atoms with van der Waals surface area (Å²) in [4.78, 5) is 33.9. The number of aliphatic hydroxyl groups is 1. The molecule has 34 heavy (non-hydrogen) atoms. The van der Waals surface area contributed by atoms with Crippen LogP contribution in [-0.4, -0.2) is 75.6 Å². The average molecular weight is 464 g/mol. The van der Waals surface area contributed by atoms with Gasteiger partial charge in [0.15, 0.2) is 0 Å². The van der Waals surface area contributed by atoms with E-state index in [-0.39, 0.29) is 18.0 Å². The van der Waals surface area contributed by atoms with Crippen molar-refractivity contribution in [2.24, 2.45) is 11.8 Å². The summed E-state index contributed by atoms with van der Waals surface area (Å²) >= 11 is 0. The Hall–Kier alpha value is -1.92. The summed E-state index contributed by atoms with van der Waals surface area (Å²) < 4.78 is 0. The van der Waals surface area contributed by atoms with Crippen molar-refractivity contribution in [1.82, 2.24) is 14.7 Å². The molecule has 0 radical (unpaired) electrons. The van der Waals surface area contributed by atoms with E-state index in [4.69, 9.17) is 0 Å². The number of amides is 3. The van der Waals surface area contributed by atoms with Crippen LogP contribution in [0.1, 0.15) is 68.1 Å². The largest absolute Gasteiger partial charge is 0.387 e. The molecule has 5 fully saturated rings. The second-order valence-corrected chi connectivity index (χ2v) is 12.5. The van der Waals surface area contributed by atoms with E-state index in [0.29, 0.717) is 44.2 Å². The molecule has 0 unspecified atom stereocenters. The van der Waals surface area contributed by atoms with Gasteiger partial charge in [-0.2, -0.15) is 0 Å². The van der Waals surface area contributed by atoms with Gasteiger partial charge in [0.1, 0.15) is 5.54 Å². The number of hydrogen-bond acceptors (Lipinski definition) is 4. The summed E-state index contributed by atoms with van der Waals surface area (Å²) in [6, 6.07) is 6.68. The maximum atomic E-state index is 14.2. The lowest BCUT2D eigenvalue weighted by atomic mass is 9.46. The molecular formula is C28H37N3O3. The quantitative estimate of drug-likeness (QED) is 0.697. The van der Waals surface area contributed by atoms with Gasteiger partial charge in [-0.05, 0) is 101 Å². The molecular weight excluding hydrogens is 426 g/mol. The standard InChI is InChI=1S/C28H37N3O3/c1-18-3-8-21-14-23-28(34)10-9-27(17-26(28,22(21)13-18)11-12-29(23)2)24(32)30(15-19-4-5-19)25(33)31(27)16-20-6-7-20/h3,8,13,19-20,23,34H,4-7,9-12,14-17H2,1-2H3/t23-,26-,27+,28-/m1/s1. The topological polar surface area (TPSA) is 64.1 Å². The summed E-state index contributed by atoms with van der Waals surface area (Å²) in [6.07, 6.45) is 7.95. The number of hydrogen-bond donors (Lipinski definition) is 1. The molecule has 6 aliphatic rings. The van der Waals surface area contributed by atoms with Crippen molar-refractivity contribution >= 4 is 11.9 Å². The molecule has 6 heteroatoms. The monoisotopic (exact) mass is 463 g/mol. The number of imide groups is 1. The van der Waals surface area contributed by atoms with Crippen LogP contribution in [0.5, 0.6) is 0 Å². The van der Waals surface area contributed by atoms with Gasteiger partial charge in [-0.3, -0.25) is 9.69 Å². The van der Waals surface area contributed by atoms with Gasteiger partial charge >= 0.3 is 6.03 Å². The first-order chi connectivity index (χ1) is 16.3. The third-order valence-corrected chi connectivity index (χ3v) is 10.4. The minimum absolute atomic E-state index is 0.0247. The third-order valence-electron chi connectivity index (χ3n) is 10.4. The van der Waals surface area contributed by atoms with Crippen molar-refractivity contribution in [2.45, 2.75) is 87.3 Å². The fourth-order valence-electron chi connectivity index (χ4n) is 8.09. The first-order valence-electron chi connectivity index (χ1n) is 13.4. The number of piperidine rings is 1. The van der Waals surface area contributed by atoms with Crippen LogP contribution in [0.2, 0.25) is 0 Å². The molecule has 1 N–H and O–H groups in total. The molecule has 2 heterocycles. The van der Waals surface area contributed by atoms with Gasteiger partial charge in [0.2, 0.25) is 0 Å². The molecule has 2 bridgehead atoms. The Morgan fingerprint density at radius 2 is 1.76 bits per heavy atom. The minimum atomic E-state index is -0.871. The van der Waals surface area contributed by atoms with Gasteiger partial charge in [0.05, 0.1) is 5.60 Å². The molecule has 7 rings (SSSR count). The second-order valence-electron chi connectivity index (χ2n) is 12.5. The fraction of sp³-hybridized carbons (Fsp3) is 0.714. The van der Waals surface area contributed by atoms with Crippen LogP contribution in [0.25, 0.3) is 0 Å². The summed E-state index contributed by atoms with van der Waals surface area (Å²) in [6.45, 7) is 4.31. The number of likely N-dealkylation sites (tertiary alicyclic amines) is 1. The van der Waals surface area contributed by atoms with Gasteiger partial charge in [0.25, 0.3) is 5.91 Å². The van der Waals surface area contributed by atoms with Crippen LogP contribution in [0, 0.1) is 18.8 Å². The lowest BCUT2D eigenvalue weighted by Crippen LogP contribution is -2.76. The number of aryl methyl sites for hydroxylation is 1. The Bertz CT molecular complexity index is 1080. The zero-order valence-corrected chi connectivity index (χ0v) is 20.6. The van der Waals surface area contributed by atoms with Gasteiger partial charge in [-0.15, -0.1) is 0 Å². The number of urea groups is 1. The van der Waals surface area contributed by atoms with E-state index in [0.717, 1.165) is 45.1 Å². The number of fused-ring (bicyclic) bond motifs is 1. The van der Waals surface area contributed by atoms with Crippen LogP contribution < -0.4 is 0 Å². The predicted molar refractivity (Wildman–Crippen MR) is 128 cm³/mol. The Morgan fingerprint density at radius 3 is 2.50 bits per heavy atom. The lowest BCUT2D eigenvalue weighted by molar-refractivity contribution is -0.184. The van der Waals surface area contributed by atoms with Crippen LogP contribution in [0.15, 0.2) is 18.2 Å². The maximum Gasteiger partial charge on any atom is 0.327 e. The van der Waals surface area contributed by atoms with Gasteiger partial charge < -0.3 is 14.9 Å². The van der Waals surface area contributed by atoms with Crippen molar-refractivity contribution in [3.63, 3.8) is 0 Å². The SMILES string of the molecule is Cc1ccc2c(c1)[C@]13CCN(C)[C@H](C2)[C@]1(O)CC[C@]1(C3)C(=O)N(CC2CC2)C(=O)N1CC1CC1. The molecule has 2 aliphatic heterocycles. The van der Waals surface area contributed by atoms with Gasteiger partial charge in [-0.25, -0.2) is 4.79 Å². The van der Waals surface area contributed by atoms with E-state index in [1.54, 1.807) is 4.90 Å². The van der Waals surface area contributed by atoms with E-state index in [9.17, 15) is 14.7 Å². The van der Waals surface area contributed by atoms with E-state index < -0.39 is 16.6 Å². The van der Waals surface area contributed by atoms with Crippen molar-refractivity contribution in [3.05, 3.63) is 34.9 Å². The third kappa shape index (κ3) is 2.70. The zero-order chi connectivity index (χ0) is 23.5. The number of benzene rings is 1. The lowest BCUT2D eigenvalue weighted by Gasteiger charge is -2.66. The molecule has 1 aromatic carbocycles. The van der Waals surface area contributed by atoms with Crippen molar-refractivity contribution in [3.8, 4) is 0 Å². The summed E-state index contributed by atoms with van der Waals surface area (Å²) in [5.41, 5.74) is 1.58. The van der Waals surface area contributed by atoms with Crippen LogP contribution in [0.4, 0.5) is 4.79 Å². The smallest absolute Gasteiger partial charge is 0.327 e. The van der Waals surface area contributed by atoms with Crippen LogP contribution in [0.3, 0.4) is 0 Å². The first kappa shape index (κ1) is 21.4. The molecule has 182 valence electrons. The fourth-order valence-corrected chi connectivity index (χ4v) is 8.09. The highest BCUT2D eigenvalue weighted by Crippen LogP contribution is 2.62. The van der Waals surface area contributed by atoms with Crippen molar-refractivity contribution in [1.29, 1.82) is 0 Å². The molecule has 2 saturated heterocycles. The molecule has 4 atom stereocenters. The highest BCUT2D eigenvalue weighted by molar-refractivity contribution is 6.07. The normalized spacial score (nSPS) is 39.6. The number of carbonyl (C=O) groups excluding carboxylic acids is 2. The number of rotatable bonds is 4. The second kappa shape index (κ2) is 6.85. The maximum absolute atomic E-state index is 14.2. The van der Waals surface area contributed by atoms with E-state index >= 15 is 0 Å². The molecule has 6 nitrogen and oxygen atoms in total. The number of carbonyl (C=O) groups is 2. The zero-order valence-electron chi connectivity index (χ0n) is 20.6. The highest BCUT2D eigenvalue weighted by Gasteiger charge is 2.71. The Balaban J connectivity index is 1.37. The minimum Gasteiger partial charge on any atom is -0.387 e. The molecule has 1 spiro atoms. The molecule has 3 amide bonds. The highest BCUT2D eigenvalue weighted by atomic mass is 16.3. The molecule has 1 aromatic rings. The summed E-state index contributed by atoms with van der Waals surface area (Å²) in [7, 11) is 2.14. The van der Waals surface area contributed by atoms with Crippen LogP contribution in [-0.2, 0) is 16.6 Å². The Kier molecular flexibility index (Phi) is 4.30. The number of likely N-dealkylation sites (N-methyl/N-ethyl adjacent to an activating group) is 1. The molecule has 0 aromatic heterocycles. The summed E-state index contributed by atoms with van der Waals surface area (Å²) in [5, 5.41) is 12.5. The average Bonchev–Trinajstić information content (AvgIpc) is 3.73. The van der Waals surface area contributed by atoms with E-state index in [1.165, 1.54) is 16.7 Å². The van der Waals surface area contributed by atoms with E-state index in [1.807, 2.05) is 4.90 Å². The predicted octanol–water partition coefficient (Wildman–Crippen LogP) is 3.23. The van der Waals surface area contributed by atoms with Gasteiger partial charge in [-0.1, -0.05) is 23.8 Å². The van der Waals surface area contributed by atoms with Crippen molar-refractivity contribution in [2.75, 3.05) is 26.7 Å². The Labute approximate surface area is 202 Å². The van der Waals surface area contributed by atoms with Gasteiger partial charge in [0, 0.05) is 24.5 Å². The molecule has 4 aliphatic carbocycles.